The molecule has 32 heavy (non-hydrogen) atoms. The molecular weight excluding hydrogens is 408 g/mol. The first-order chi connectivity index (χ1) is 15.3. The van der Waals surface area contributed by atoms with Gasteiger partial charge in [0.2, 0.25) is 5.65 Å². The average molecular weight is 443 g/mol. The van der Waals surface area contributed by atoms with Crippen LogP contribution in [0.15, 0.2) is 0 Å². The van der Waals surface area contributed by atoms with Gasteiger partial charge >= 0.3 is 6.03 Å². The summed E-state index contributed by atoms with van der Waals surface area (Å²) in [5.74, 6) is 0.890. The van der Waals surface area contributed by atoms with Crippen LogP contribution in [-0.4, -0.2) is 65.8 Å². The molecule has 3 aromatic heterocycles. The van der Waals surface area contributed by atoms with Crippen LogP contribution in [0.25, 0.3) is 16.7 Å². The van der Waals surface area contributed by atoms with E-state index in [1.807, 2.05) is 11.8 Å². The summed E-state index contributed by atoms with van der Waals surface area (Å²) in [6.07, 6.45) is 6.13. The van der Waals surface area contributed by atoms with Crippen molar-refractivity contribution in [3.05, 3.63) is 17.1 Å². The maximum atomic E-state index is 12.6. The van der Waals surface area contributed by atoms with Crippen molar-refractivity contribution < 1.29 is 9.53 Å². The first kappa shape index (κ1) is 22.4. The zero-order chi connectivity index (χ0) is 23.0. The lowest BCUT2D eigenvalue weighted by Gasteiger charge is -2.44. The molecular formula is C22H34N8O2. The molecule has 4 rings (SSSR count). The Balaban J connectivity index is 1.84. The largest absolute Gasteiger partial charge is 0.384 e. The summed E-state index contributed by atoms with van der Waals surface area (Å²) in [6, 6.07) is -0.189. The molecule has 0 saturated heterocycles. The van der Waals surface area contributed by atoms with Crippen LogP contribution in [0.4, 0.5) is 4.79 Å². The van der Waals surface area contributed by atoms with Crippen molar-refractivity contribution >= 4 is 22.7 Å². The molecule has 0 spiro atoms. The highest BCUT2D eigenvalue weighted by atomic mass is 16.5. The fourth-order valence-corrected chi connectivity index (χ4v) is 5.26. The van der Waals surface area contributed by atoms with Crippen molar-refractivity contribution in [2.24, 2.45) is 5.73 Å². The number of primary amides is 1. The number of nitrogens with zero attached hydrogens (tertiary/aromatic N) is 7. The fourth-order valence-electron chi connectivity index (χ4n) is 5.26. The summed E-state index contributed by atoms with van der Waals surface area (Å²) < 4.78 is 9.30. The Hall–Kier alpha value is -2.75. The third-order valence-electron chi connectivity index (χ3n) is 6.85. The van der Waals surface area contributed by atoms with Crippen molar-refractivity contribution in [2.45, 2.75) is 84.3 Å². The number of carbonyl (C=O) groups is 1. The quantitative estimate of drug-likeness (QED) is 0.601. The molecule has 0 atom stereocenters. The summed E-state index contributed by atoms with van der Waals surface area (Å²) in [4.78, 5) is 19.5. The number of urea groups is 1. The van der Waals surface area contributed by atoms with Crippen LogP contribution >= 0.6 is 0 Å². The van der Waals surface area contributed by atoms with Crippen LogP contribution in [0.5, 0.6) is 0 Å². The molecule has 10 heteroatoms. The smallest absolute Gasteiger partial charge is 0.315 e. The van der Waals surface area contributed by atoms with E-state index in [0.29, 0.717) is 25.2 Å². The Morgan fingerprint density at radius 3 is 2.62 bits per heavy atom. The highest BCUT2D eigenvalue weighted by molar-refractivity contribution is 5.91. The van der Waals surface area contributed by atoms with Crippen molar-refractivity contribution in [3.8, 4) is 0 Å². The van der Waals surface area contributed by atoms with Gasteiger partial charge in [-0.15, -0.1) is 5.10 Å². The molecule has 0 bridgehead atoms. The van der Waals surface area contributed by atoms with Crippen LogP contribution in [0, 0.1) is 13.8 Å². The van der Waals surface area contributed by atoms with Gasteiger partial charge in [-0.05, 0) is 56.5 Å². The first-order valence-corrected chi connectivity index (χ1v) is 11.4. The zero-order valence-corrected chi connectivity index (χ0v) is 19.8. The van der Waals surface area contributed by atoms with Gasteiger partial charge in [-0.1, -0.05) is 19.3 Å². The van der Waals surface area contributed by atoms with Crippen LogP contribution in [0.2, 0.25) is 0 Å². The Morgan fingerprint density at radius 1 is 1.25 bits per heavy atom. The standard InChI is InChI=1S/C22H34N8O2/c1-14-15(2)30-20(25-26-27-30)18-19(14)28(17(24-18)11-12-32-5)13-22(3,4)29(21(23)31)16-9-7-6-8-10-16/h16H,6-13H2,1-5H3,(H2,23,31). The number of hydrogen-bond acceptors (Lipinski definition) is 6. The maximum absolute atomic E-state index is 12.6. The number of aryl methyl sites for hydroxylation is 2. The summed E-state index contributed by atoms with van der Waals surface area (Å²) in [5.41, 5.74) is 9.87. The second-order valence-corrected chi connectivity index (χ2v) is 9.49. The average Bonchev–Trinajstić information content (AvgIpc) is 3.36. The molecule has 0 unspecified atom stereocenters. The van der Waals surface area contributed by atoms with Crippen molar-refractivity contribution in [1.29, 1.82) is 0 Å². The number of ether oxygens (including phenoxy) is 1. The summed E-state index contributed by atoms with van der Waals surface area (Å²) in [7, 11) is 1.69. The minimum absolute atomic E-state index is 0.170. The van der Waals surface area contributed by atoms with E-state index in [4.69, 9.17) is 15.5 Å². The van der Waals surface area contributed by atoms with Gasteiger partial charge in [0.05, 0.1) is 17.7 Å². The zero-order valence-electron chi connectivity index (χ0n) is 19.8. The van der Waals surface area contributed by atoms with Gasteiger partial charge in [-0.2, -0.15) is 4.52 Å². The number of rotatable bonds is 7. The Bertz CT molecular complexity index is 1130. The number of hydrogen-bond donors (Lipinski definition) is 1. The monoisotopic (exact) mass is 442 g/mol. The second kappa shape index (κ2) is 8.65. The molecule has 3 aromatic rings. The van der Waals surface area contributed by atoms with Gasteiger partial charge < -0.3 is 19.9 Å². The summed E-state index contributed by atoms with van der Waals surface area (Å²) in [5, 5.41) is 12.2. The van der Waals surface area contributed by atoms with E-state index in [1.165, 1.54) is 6.42 Å². The Morgan fingerprint density at radius 2 is 1.97 bits per heavy atom. The van der Waals surface area contributed by atoms with E-state index in [2.05, 4.69) is 40.9 Å². The van der Waals surface area contributed by atoms with E-state index in [-0.39, 0.29) is 12.1 Å². The number of carbonyl (C=O) groups excluding carboxylic acids is 1. The molecule has 174 valence electrons. The molecule has 1 aliphatic carbocycles. The molecule has 1 fully saturated rings. The van der Waals surface area contributed by atoms with Crippen molar-refractivity contribution in [1.82, 2.24) is 34.5 Å². The van der Waals surface area contributed by atoms with Gasteiger partial charge in [-0.3, -0.25) is 0 Å². The summed E-state index contributed by atoms with van der Waals surface area (Å²) >= 11 is 0. The Labute approximate surface area is 188 Å². The van der Waals surface area contributed by atoms with Crippen LogP contribution in [-0.2, 0) is 17.7 Å². The second-order valence-electron chi connectivity index (χ2n) is 9.49. The lowest BCUT2D eigenvalue weighted by Crippen LogP contribution is -2.57. The van der Waals surface area contributed by atoms with Crippen LogP contribution < -0.4 is 5.73 Å². The molecule has 0 aliphatic heterocycles. The number of tetrazole rings is 1. The molecule has 0 radical (unpaired) electrons. The molecule has 2 amide bonds. The van der Waals surface area contributed by atoms with Crippen molar-refractivity contribution in [2.75, 3.05) is 13.7 Å². The molecule has 10 nitrogen and oxygen atoms in total. The van der Waals surface area contributed by atoms with Crippen LogP contribution in [0.3, 0.4) is 0 Å². The number of fused-ring (bicyclic) bond motifs is 3. The number of amides is 2. The molecule has 1 saturated carbocycles. The highest BCUT2D eigenvalue weighted by Gasteiger charge is 2.37. The minimum atomic E-state index is -0.498. The number of nitrogens with two attached hydrogens (primary N) is 1. The molecule has 2 N–H and O–H groups in total. The van der Waals surface area contributed by atoms with E-state index < -0.39 is 5.54 Å². The SMILES string of the molecule is COCCc1nc2c(c(C)c(C)n3nnnc23)n1CC(C)(C)N(C(N)=O)C1CCCCC1. The third-order valence-corrected chi connectivity index (χ3v) is 6.85. The predicted octanol–water partition coefficient (Wildman–Crippen LogP) is 2.77. The highest BCUT2D eigenvalue weighted by Crippen LogP contribution is 2.32. The summed E-state index contributed by atoms with van der Waals surface area (Å²) in [6.45, 7) is 9.38. The topological polar surface area (TPSA) is 116 Å². The van der Waals surface area contributed by atoms with E-state index in [9.17, 15) is 4.79 Å². The molecule has 3 heterocycles. The van der Waals surface area contributed by atoms with E-state index in [0.717, 1.165) is 53.8 Å². The van der Waals surface area contributed by atoms with E-state index in [1.54, 1.807) is 11.6 Å². The maximum Gasteiger partial charge on any atom is 0.315 e. The number of imidazole rings is 1. The van der Waals surface area contributed by atoms with E-state index >= 15 is 0 Å². The lowest BCUT2D eigenvalue weighted by molar-refractivity contribution is 0.0744. The van der Waals surface area contributed by atoms with Crippen LogP contribution in [0.1, 0.15) is 63.0 Å². The predicted molar refractivity (Wildman–Crippen MR) is 122 cm³/mol. The lowest BCUT2D eigenvalue weighted by atomic mass is 9.90. The van der Waals surface area contributed by atoms with Gasteiger partial charge in [0.1, 0.15) is 11.3 Å². The first-order valence-electron chi connectivity index (χ1n) is 11.4. The third kappa shape index (κ3) is 3.80. The van der Waals surface area contributed by atoms with Gasteiger partial charge in [0.15, 0.2) is 0 Å². The normalized spacial score (nSPS) is 15.7. The molecule has 0 aromatic carbocycles. The van der Waals surface area contributed by atoms with Gasteiger partial charge in [0, 0.05) is 31.8 Å². The minimum Gasteiger partial charge on any atom is -0.384 e. The number of pyridine rings is 1. The van der Waals surface area contributed by atoms with Gasteiger partial charge in [-0.25, -0.2) is 9.78 Å². The molecule has 1 aliphatic rings. The number of methoxy groups -OCH3 is 1. The van der Waals surface area contributed by atoms with Gasteiger partial charge in [0.25, 0.3) is 0 Å². The fraction of sp³-hybridized carbons (Fsp3) is 0.682. The number of aromatic nitrogens is 6. The Kier molecular flexibility index (Phi) is 6.07. The van der Waals surface area contributed by atoms with Crippen molar-refractivity contribution in [3.63, 3.8) is 0 Å².